The standard InChI is InChI=1S/C14H11N3O5S/c18-11(3-4-12(19)20)17-13-15-9(6-23-13)7-1-2-8-10(5-7)22-14(21)16-8/h1-2,5-6H,3-4H2,(H,16,21)(H,19,20)(H,15,17,18). The van der Waals surface area contributed by atoms with Crippen LogP contribution in [0.1, 0.15) is 12.8 Å². The van der Waals surface area contributed by atoms with Crippen molar-refractivity contribution < 1.29 is 19.1 Å². The van der Waals surface area contributed by atoms with Gasteiger partial charge in [-0.15, -0.1) is 11.3 Å². The molecular weight excluding hydrogens is 322 g/mol. The van der Waals surface area contributed by atoms with Crippen LogP contribution in [0.3, 0.4) is 0 Å². The lowest BCUT2D eigenvalue weighted by Crippen LogP contribution is -2.12. The molecule has 3 N–H and O–H groups in total. The van der Waals surface area contributed by atoms with Crippen molar-refractivity contribution in [2.75, 3.05) is 5.32 Å². The van der Waals surface area contributed by atoms with Gasteiger partial charge in [-0.1, -0.05) is 6.07 Å². The van der Waals surface area contributed by atoms with E-state index in [9.17, 15) is 14.4 Å². The van der Waals surface area contributed by atoms with E-state index >= 15 is 0 Å². The quantitative estimate of drug-likeness (QED) is 0.656. The summed E-state index contributed by atoms with van der Waals surface area (Å²) in [6, 6.07) is 5.16. The Kier molecular flexibility index (Phi) is 3.94. The second-order valence-corrected chi connectivity index (χ2v) is 5.56. The molecule has 0 bridgehead atoms. The van der Waals surface area contributed by atoms with Crippen molar-refractivity contribution in [2.24, 2.45) is 0 Å². The van der Waals surface area contributed by atoms with E-state index in [4.69, 9.17) is 9.52 Å². The monoisotopic (exact) mass is 333 g/mol. The number of aromatic nitrogens is 2. The van der Waals surface area contributed by atoms with Crippen molar-refractivity contribution in [3.05, 3.63) is 34.1 Å². The number of carboxylic acid groups (broad SMARTS) is 1. The molecule has 9 heteroatoms. The van der Waals surface area contributed by atoms with Crippen LogP contribution in [0.4, 0.5) is 5.13 Å². The normalized spacial score (nSPS) is 10.8. The molecule has 23 heavy (non-hydrogen) atoms. The Bertz CT molecular complexity index is 939. The van der Waals surface area contributed by atoms with E-state index in [0.717, 1.165) is 5.56 Å². The van der Waals surface area contributed by atoms with Gasteiger partial charge in [-0.05, 0) is 12.1 Å². The number of hydrogen-bond donors (Lipinski definition) is 3. The Labute approximate surface area is 132 Å². The second-order valence-electron chi connectivity index (χ2n) is 4.71. The average Bonchev–Trinajstić information content (AvgIpc) is 3.09. The predicted octanol–water partition coefficient (Wildman–Crippen LogP) is 2.05. The molecule has 0 spiro atoms. The van der Waals surface area contributed by atoms with Crippen LogP contribution in [0.15, 0.2) is 32.8 Å². The second kappa shape index (κ2) is 6.05. The Hall–Kier alpha value is -2.94. The first-order valence-electron chi connectivity index (χ1n) is 6.62. The number of carbonyl (C=O) groups excluding carboxylic acids is 1. The smallest absolute Gasteiger partial charge is 0.417 e. The minimum absolute atomic E-state index is 0.106. The van der Waals surface area contributed by atoms with Crippen molar-refractivity contribution in [2.45, 2.75) is 12.8 Å². The van der Waals surface area contributed by atoms with Gasteiger partial charge in [0, 0.05) is 17.4 Å². The SMILES string of the molecule is O=C(O)CCC(=O)Nc1nc(-c2ccc3[nH]c(=O)oc3c2)cs1. The summed E-state index contributed by atoms with van der Waals surface area (Å²) in [5.41, 5.74) is 2.38. The van der Waals surface area contributed by atoms with Gasteiger partial charge >= 0.3 is 11.7 Å². The molecule has 1 aromatic carbocycles. The summed E-state index contributed by atoms with van der Waals surface area (Å²) >= 11 is 1.23. The number of rotatable bonds is 5. The van der Waals surface area contributed by atoms with Gasteiger partial charge in [0.15, 0.2) is 10.7 Å². The lowest BCUT2D eigenvalue weighted by atomic mass is 10.1. The number of carboxylic acids is 1. The van der Waals surface area contributed by atoms with Crippen molar-refractivity contribution >= 4 is 39.4 Å². The Morgan fingerprint density at radius 3 is 2.96 bits per heavy atom. The fraction of sp³-hybridized carbons (Fsp3) is 0.143. The molecule has 0 radical (unpaired) electrons. The third-order valence-corrected chi connectivity index (χ3v) is 3.79. The van der Waals surface area contributed by atoms with E-state index in [2.05, 4.69) is 15.3 Å². The number of benzene rings is 1. The molecule has 0 atom stereocenters. The summed E-state index contributed by atoms with van der Waals surface area (Å²) in [6.45, 7) is 0. The molecule has 1 amide bonds. The van der Waals surface area contributed by atoms with Gasteiger partial charge in [0.1, 0.15) is 0 Å². The fourth-order valence-corrected chi connectivity index (χ4v) is 2.71. The van der Waals surface area contributed by atoms with Crippen molar-refractivity contribution in [3.63, 3.8) is 0 Å². The van der Waals surface area contributed by atoms with Crippen LogP contribution >= 0.6 is 11.3 Å². The van der Waals surface area contributed by atoms with Gasteiger partial charge in [-0.3, -0.25) is 14.6 Å². The molecule has 0 aliphatic heterocycles. The van der Waals surface area contributed by atoms with E-state index in [0.29, 0.717) is 21.9 Å². The molecule has 0 fully saturated rings. The Morgan fingerprint density at radius 1 is 1.35 bits per heavy atom. The van der Waals surface area contributed by atoms with Gasteiger partial charge in [0.2, 0.25) is 5.91 Å². The zero-order chi connectivity index (χ0) is 16.4. The van der Waals surface area contributed by atoms with Crippen molar-refractivity contribution in [1.82, 2.24) is 9.97 Å². The number of anilines is 1. The highest BCUT2D eigenvalue weighted by atomic mass is 32.1. The summed E-state index contributed by atoms with van der Waals surface area (Å²) < 4.78 is 4.99. The van der Waals surface area contributed by atoms with Crippen molar-refractivity contribution in [3.8, 4) is 11.3 Å². The number of fused-ring (bicyclic) bond motifs is 1. The first-order chi connectivity index (χ1) is 11.0. The zero-order valence-corrected chi connectivity index (χ0v) is 12.5. The number of thiazole rings is 1. The number of aromatic amines is 1. The highest BCUT2D eigenvalue weighted by Crippen LogP contribution is 2.27. The summed E-state index contributed by atoms with van der Waals surface area (Å²) in [7, 11) is 0. The molecule has 0 aliphatic rings. The van der Waals surface area contributed by atoms with Crippen LogP contribution in [-0.4, -0.2) is 27.0 Å². The van der Waals surface area contributed by atoms with Crippen LogP contribution in [0.5, 0.6) is 0 Å². The van der Waals surface area contributed by atoms with E-state index in [1.807, 2.05) is 0 Å². The molecule has 0 saturated heterocycles. The fourth-order valence-electron chi connectivity index (χ4n) is 1.97. The van der Waals surface area contributed by atoms with E-state index in [1.54, 1.807) is 23.6 Å². The topological polar surface area (TPSA) is 125 Å². The summed E-state index contributed by atoms with van der Waals surface area (Å²) in [6.07, 6.45) is -0.335. The van der Waals surface area contributed by atoms with E-state index < -0.39 is 17.6 Å². The largest absolute Gasteiger partial charge is 0.481 e. The molecule has 0 aliphatic carbocycles. The Balaban J connectivity index is 1.76. The first-order valence-corrected chi connectivity index (χ1v) is 7.49. The lowest BCUT2D eigenvalue weighted by Gasteiger charge is -1.99. The number of amides is 1. The average molecular weight is 333 g/mol. The molecule has 118 valence electrons. The van der Waals surface area contributed by atoms with Crippen LogP contribution in [0, 0.1) is 0 Å². The van der Waals surface area contributed by atoms with Crippen LogP contribution < -0.4 is 11.1 Å². The van der Waals surface area contributed by atoms with Gasteiger partial charge in [0.25, 0.3) is 0 Å². The third-order valence-electron chi connectivity index (χ3n) is 3.03. The molecule has 0 saturated carbocycles. The minimum Gasteiger partial charge on any atom is -0.481 e. The summed E-state index contributed by atoms with van der Waals surface area (Å²) in [4.78, 5) is 40.0. The highest BCUT2D eigenvalue weighted by molar-refractivity contribution is 7.14. The molecule has 2 heterocycles. The number of carbonyl (C=O) groups is 2. The number of nitrogens with zero attached hydrogens (tertiary/aromatic N) is 1. The number of nitrogens with one attached hydrogen (secondary N) is 2. The molecule has 2 aromatic heterocycles. The summed E-state index contributed by atoms with van der Waals surface area (Å²) in [5.74, 6) is -1.96. The number of oxazole rings is 1. The van der Waals surface area contributed by atoms with Gasteiger partial charge in [-0.2, -0.15) is 0 Å². The molecule has 0 unspecified atom stereocenters. The molecule has 8 nitrogen and oxygen atoms in total. The van der Waals surface area contributed by atoms with Gasteiger partial charge in [-0.25, -0.2) is 9.78 Å². The lowest BCUT2D eigenvalue weighted by molar-refractivity contribution is -0.138. The van der Waals surface area contributed by atoms with Crippen molar-refractivity contribution in [1.29, 1.82) is 0 Å². The number of hydrogen-bond acceptors (Lipinski definition) is 6. The Morgan fingerprint density at radius 2 is 2.17 bits per heavy atom. The highest BCUT2D eigenvalue weighted by Gasteiger charge is 2.11. The van der Waals surface area contributed by atoms with Crippen LogP contribution in [-0.2, 0) is 9.59 Å². The minimum atomic E-state index is -1.03. The third kappa shape index (κ3) is 3.46. The molecule has 3 rings (SSSR count). The van der Waals surface area contributed by atoms with Gasteiger partial charge < -0.3 is 14.8 Å². The van der Waals surface area contributed by atoms with Crippen LogP contribution in [0.2, 0.25) is 0 Å². The van der Waals surface area contributed by atoms with E-state index in [-0.39, 0.29) is 12.8 Å². The first kappa shape index (κ1) is 15.0. The maximum absolute atomic E-state index is 11.6. The van der Waals surface area contributed by atoms with Gasteiger partial charge in [0.05, 0.1) is 17.6 Å². The zero-order valence-electron chi connectivity index (χ0n) is 11.7. The maximum atomic E-state index is 11.6. The summed E-state index contributed by atoms with van der Waals surface area (Å²) in [5, 5.41) is 13.2. The van der Waals surface area contributed by atoms with Crippen LogP contribution in [0.25, 0.3) is 22.4 Å². The molecular formula is C14H11N3O5S. The number of H-pyrrole nitrogens is 1. The van der Waals surface area contributed by atoms with E-state index in [1.165, 1.54) is 11.3 Å². The molecule has 3 aromatic rings. The predicted molar refractivity (Wildman–Crippen MR) is 83.4 cm³/mol. The maximum Gasteiger partial charge on any atom is 0.417 e. The number of aliphatic carboxylic acids is 1.